The first-order valence-corrected chi connectivity index (χ1v) is 6.06. The van der Waals surface area contributed by atoms with Crippen LogP contribution >= 0.6 is 0 Å². The van der Waals surface area contributed by atoms with Gasteiger partial charge in [0, 0.05) is 11.9 Å². The molecule has 90 valence electrons. The molecule has 0 saturated carbocycles. The molecule has 0 aliphatic carbocycles. The summed E-state index contributed by atoms with van der Waals surface area (Å²) < 4.78 is 5.63. The Hall–Kier alpha value is -2.16. The van der Waals surface area contributed by atoms with Crippen molar-refractivity contribution in [3.05, 3.63) is 66.0 Å². The lowest BCUT2D eigenvalue weighted by molar-refractivity contribution is 0.313. The van der Waals surface area contributed by atoms with Gasteiger partial charge in [0.2, 0.25) is 0 Å². The Kier molecular flexibility index (Phi) is 3.05. The number of aliphatic imine (C=N–C) groups is 1. The normalized spacial score (nSPS) is 18.2. The summed E-state index contributed by atoms with van der Waals surface area (Å²) in [6.07, 6.45) is 2.46. The van der Waals surface area contributed by atoms with E-state index in [2.05, 4.69) is 22.1 Å². The third kappa shape index (κ3) is 2.40. The van der Waals surface area contributed by atoms with Crippen molar-refractivity contribution in [2.45, 2.75) is 12.5 Å². The van der Waals surface area contributed by atoms with Crippen LogP contribution in [0, 0.1) is 0 Å². The Morgan fingerprint density at radius 3 is 2.67 bits per heavy atom. The molecule has 1 aliphatic heterocycles. The predicted octanol–water partition coefficient (Wildman–Crippen LogP) is 2.79. The number of pyridine rings is 1. The third-order valence-corrected chi connectivity index (χ3v) is 2.95. The molecule has 0 amide bonds. The van der Waals surface area contributed by atoms with Crippen molar-refractivity contribution >= 4 is 5.90 Å². The summed E-state index contributed by atoms with van der Waals surface area (Å²) >= 11 is 0. The fourth-order valence-corrected chi connectivity index (χ4v) is 2.02. The minimum absolute atomic E-state index is 0.130. The highest BCUT2D eigenvalue weighted by Crippen LogP contribution is 2.23. The van der Waals surface area contributed by atoms with Crippen LogP contribution < -0.4 is 0 Å². The minimum atomic E-state index is 0.130. The Morgan fingerprint density at radius 2 is 1.89 bits per heavy atom. The van der Waals surface area contributed by atoms with Crippen molar-refractivity contribution in [1.82, 2.24) is 4.98 Å². The van der Waals surface area contributed by atoms with Crippen LogP contribution in [0.5, 0.6) is 0 Å². The highest BCUT2D eigenvalue weighted by Gasteiger charge is 2.20. The fraction of sp³-hybridized carbons (Fsp3) is 0.200. The van der Waals surface area contributed by atoms with E-state index in [-0.39, 0.29) is 6.04 Å². The molecule has 0 spiro atoms. The van der Waals surface area contributed by atoms with Crippen molar-refractivity contribution in [1.29, 1.82) is 0 Å². The van der Waals surface area contributed by atoms with Crippen molar-refractivity contribution in [2.24, 2.45) is 4.99 Å². The van der Waals surface area contributed by atoms with Crippen molar-refractivity contribution in [3.63, 3.8) is 0 Å². The van der Waals surface area contributed by atoms with Crippen LogP contribution in [0.2, 0.25) is 0 Å². The number of aromatic nitrogens is 1. The molecule has 2 aromatic rings. The third-order valence-electron chi connectivity index (χ3n) is 2.95. The smallest absolute Gasteiger partial charge is 0.190 e. The molecule has 1 aromatic carbocycles. The number of nitrogens with zero attached hydrogens (tertiary/aromatic N) is 2. The topological polar surface area (TPSA) is 34.5 Å². The lowest BCUT2D eigenvalue weighted by Gasteiger charge is -2.03. The van der Waals surface area contributed by atoms with Gasteiger partial charge in [0.15, 0.2) is 5.90 Å². The number of benzene rings is 1. The molecular formula is C15H14N2O. The molecule has 1 aromatic heterocycles. The van der Waals surface area contributed by atoms with Crippen molar-refractivity contribution in [2.75, 3.05) is 6.61 Å². The average Bonchev–Trinajstić information content (AvgIpc) is 2.89. The SMILES string of the molecule is c1ccc([C@@H]2COC(Cc3ccccn3)=N2)cc1. The average molecular weight is 238 g/mol. The van der Waals surface area contributed by atoms with E-state index in [9.17, 15) is 0 Å². The van der Waals surface area contributed by atoms with Gasteiger partial charge in [-0.15, -0.1) is 0 Å². The van der Waals surface area contributed by atoms with Gasteiger partial charge >= 0.3 is 0 Å². The first kappa shape index (κ1) is 11.0. The second kappa shape index (κ2) is 5.00. The maximum atomic E-state index is 5.63. The van der Waals surface area contributed by atoms with Crippen LogP contribution in [0.3, 0.4) is 0 Å². The highest BCUT2D eigenvalue weighted by atomic mass is 16.5. The van der Waals surface area contributed by atoms with E-state index in [0.29, 0.717) is 13.0 Å². The van der Waals surface area contributed by atoms with Crippen LogP contribution in [0.15, 0.2) is 59.7 Å². The zero-order valence-corrected chi connectivity index (χ0v) is 9.99. The van der Waals surface area contributed by atoms with Gasteiger partial charge in [0.05, 0.1) is 6.42 Å². The van der Waals surface area contributed by atoms with E-state index in [1.807, 2.05) is 36.4 Å². The second-order valence-corrected chi connectivity index (χ2v) is 4.26. The fourth-order valence-electron chi connectivity index (χ4n) is 2.02. The summed E-state index contributed by atoms with van der Waals surface area (Å²) in [7, 11) is 0. The molecular weight excluding hydrogens is 224 g/mol. The highest BCUT2D eigenvalue weighted by molar-refractivity contribution is 5.79. The zero-order chi connectivity index (χ0) is 12.2. The molecule has 3 rings (SSSR count). The van der Waals surface area contributed by atoms with Crippen LogP contribution in [-0.2, 0) is 11.2 Å². The van der Waals surface area contributed by atoms with E-state index in [1.165, 1.54) is 5.56 Å². The van der Waals surface area contributed by atoms with E-state index < -0.39 is 0 Å². The van der Waals surface area contributed by atoms with Gasteiger partial charge in [-0.25, -0.2) is 4.99 Å². The summed E-state index contributed by atoms with van der Waals surface area (Å²) in [5.74, 6) is 0.780. The summed E-state index contributed by atoms with van der Waals surface area (Å²) in [6.45, 7) is 0.631. The van der Waals surface area contributed by atoms with Gasteiger partial charge in [-0.1, -0.05) is 36.4 Å². The quantitative estimate of drug-likeness (QED) is 0.824. The summed E-state index contributed by atoms with van der Waals surface area (Å²) in [4.78, 5) is 8.89. The largest absolute Gasteiger partial charge is 0.478 e. The number of ether oxygens (including phenoxy) is 1. The van der Waals surface area contributed by atoms with E-state index in [4.69, 9.17) is 4.74 Å². The van der Waals surface area contributed by atoms with Crippen LogP contribution in [0.4, 0.5) is 0 Å². The van der Waals surface area contributed by atoms with E-state index >= 15 is 0 Å². The molecule has 1 atom stereocenters. The van der Waals surface area contributed by atoms with Gasteiger partial charge in [-0.2, -0.15) is 0 Å². The Bertz CT molecular complexity index is 537. The first-order chi connectivity index (χ1) is 8.92. The number of hydrogen-bond acceptors (Lipinski definition) is 3. The summed E-state index contributed by atoms with van der Waals surface area (Å²) in [5.41, 5.74) is 2.19. The van der Waals surface area contributed by atoms with Crippen molar-refractivity contribution < 1.29 is 4.74 Å². The molecule has 2 heterocycles. The Labute approximate surface area is 106 Å². The first-order valence-electron chi connectivity index (χ1n) is 6.06. The minimum Gasteiger partial charge on any atom is -0.478 e. The number of rotatable bonds is 3. The predicted molar refractivity (Wildman–Crippen MR) is 70.5 cm³/mol. The molecule has 0 N–H and O–H groups in total. The Balaban J connectivity index is 1.73. The molecule has 0 saturated heterocycles. The van der Waals surface area contributed by atoms with Gasteiger partial charge in [0.25, 0.3) is 0 Å². The van der Waals surface area contributed by atoms with Crippen LogP contribution in [-0.4, -0.2) is 17.5 Å². The molecule has 3 nitrogen and oxygen atoms in total. The van der Waals surface area contributed by atoms with Gasteiger partial charge < -0.3 is 4.74 Å². The van der Waals surface area contributed by atoms with Gasteiger partial charge in [-0.3, -0.25) is 4.98 Å². The molecule has 1 aliphatic rings. The molecule has 0 fully saturated rings. The van der Waals surface area contributed by atoms with Gasteiger partial charge in [0.1, 0.15) is 12.6 Å². The molecule has 18 heavy (non-hydrogen) atoms. The monoisotopic (exact) mass is 238 g/mol. The maximum Gasteiger partial charge on any atom is 0.190 e. The van der Waals surface area contributed by atoms with Crippen LogP contribution in [0.25, 0.3) is 0 Å². The Morgan fingerprint density at radius 1 is 1.06 bits per heavy atom. The van der Waals surface area contributed by atoms with E-state index in [0.717, 1.165) is 11.6 Å². The van der Waals surface area contributed by atoms with Crippen LogP contribution in [0.1, 0.15) is 17.3 Å². The zero-order valence-electron chi connectivity index (χ0n) is 9.99. The molecule has 0 radical (unpaired) electrons. The van der Waals surface area contributed by atoms with Crippen molar-refractivity contribution in [3.8, 4) is 0 Å². The standard InChI is InChI=1S/C15H14N2O/c1-2-6-12(7-3-1)14-11-18-15(17-14)10-13-8-4-5-9-16-13/h1-9,14H,10-11H2/t14-/m0/s1. The maximum absolute atomic E-state index is 5.63. The molecule has 3 heteroatoms. The van der Waals surface area contributed by atoms with Gasteiger partial charge in [-0.05, 0) is 17.7 Å². The number of hydrogen-bond donors (Lipinski definition) is 0. The lowest BCUT2D eigenvalue weighted by atomic mass is 10.1. The van der Waals surface area contributed by atoms with E-state index in [1.54, 1.807) is 6.20 Å². The summed E-state index contributed by atoms with van der Waals surface area (Å²) in [5, 5.41) is 0. The lowest BCUT2D eigenvalue weighted by Crippen LogP contribution is -2.04. The summed E-state index contributed by atoms with van der Waals surface area (Å²) in [6, 6.07) is 16.2. The second-order valence-electron chi connectivity index (χ2n) is 4.26. The molecule has 0 bridgehead atoms. The molecule has 0 unspecified atom stereocenters.